The quantitative estimate of drug-likeness (QED) is 0.0430. The summed E-state index contributed by atoms with van der Waals surface area (Å²) >= 11 is 0. The lowest BCUT2D eigenvalue weighted by Crippen LogP contribution is -2.39. The Bertz CT molecular complexity index is 1590. The minimum absolute atomic E-state index is 0.121. The summed E-state index contributed by atoms with van der Waals surface area (Å²) in [7, 11) is 8.15. The van der Waals surface area contributed by atoms with E-state index < -0.39 is 59.4 Å². The molecule has 0 rings (SSSR count). The summed E-state index contributed by atoms with van der Waals surface area (Å²) in [6.07, 6.45) is 10.3. The Hall–Kier alpha value is -3.88. The maximum Gasteiger partial charge on any atom is 0.224 e. The molecule has 0 heterocycles. The molecule has 0 bridgehead atoms. The normalized spacial score (nSPS) is 13.1. The van der Waals surface area contributed by atoms with E-state index in [1.807, 2.05) is 21.0 Å². The Kier molecular flexibility index (Phi) is 43.8. The number of nitrogens with two attached hydrogens (primary N) is 2. The van der Waals surface area contributed by atoms with Gasteiger partial charge in [-0.3, -0.25) is 38.4 Å². The Morgan fingerprint density at radius 2 is 0.707 bits per heavy atom. The van der Waals surface area contributed by atoms with Gasteiger partial charge in [0.15, 0.2) is 0 Å². The van der Waals surface area contributed by atoms with Crippen molar-refractivity contribution < 1.29 is 38.4 Å². The molecule has 19 heteroatoms. The number of likely N-dealkylation sites (N-methyl/N-ethyl adjacent to an activating group) is 4. The second-order valence-electron chi connectivity index (χ2n) is 21.2. The van der Waals surface area contributed by atoms with Crippen LogP contribution in [0.5, 0.6) is 0 Å². The number of unbranched alkanes of at least 4 members (excludes halogenated alkanes) is 7. The number of hydrogen-bond donors (Lipinski definition) is 7. The molecule has 5 amide bonds. The van der Waals surface area contributed by atoms with Gasteiger partial charge in [0.05, 0.1) is 11.8 Å². The van der Waals surface area contributed by atoms with Crippen LogP contribution in [-0.2, 0) is 38.4 Å². The topological polar surface area (TPSA) is 262 Å². The molecule has 75 heavy (non-hydrogen) atoms. The molecule has 9 N–H and O–H groups in total. The maximum absolute atomic E-state index is 14.4. The zero-order chi connectivity index (χ0) is 56.2. The molecule has 0 saturated heterocycles. The monoisotopic (exact) mass is 1060 g/mol. The van der Waals surface area contributed by atoms with Gasteiger partial charge >= 0.3 is 0 Å². The Morgan fingerprint density at radius 1 is 0.360 bits per heavy atom. The van der Waals surface area contributed by atoms with Crippen LogP contribution >= 0.6 is 0 Å². The average Bonchev–Trinajstić information content (AvgIpc) is 3.37. The molecule has 0 aromatic carbocycles. The average molecular weight is 1060 g/mol. The number of carbonyl (C=O) groups excluding carboxylic acids is 8. The van der Waals surface area contributed by atoms with Gasteiger partial charge in [0.25, 0.3) is 0 Å². The van der Waals surface area contributed by atoms with Crippen LogP contribution in [0.4, 0.5) is 0 Å². The zero-order valence-electron chi connectivity index (χ0n) is 48.5. The summed E-state index contributed by atoms with van der Waals surface area (Å²) in [5.41, 5.74) is 11.3. The van der Waals surface area contributed by atoms with Crippen LogP contribution in [0, 0.1) is 23.7 Å². The first-order valence-corrected chi connectivity index (χ1v) is 29.0. The summed E-state index contributed by atoms with van der Waals surface area (Å²) in [4.78, 5) is 118. The summed E-state index contributed by atoms with van der Waals surface area (Å²) in [5, 5.41) is 14.5. The van der Waals surface area contributed by atoms with Crippen LogP contribution in [0.15, 0.2) is 0 Å². The number of amides is 5. The minimum atomic E-state index is -1.17. The molecule has 0 aromatic rings. The van der Waals surface area contributed by atoms with Gasteiger partial charge in [-0.25, -0.2) is 0 Å². The summed E-state index contributed by atoms with van der Waals surface area (Å²) in [6.45, 7) is 17.8. The molecular weight excluding hydrogens is 955 g/mol. The summed E-state index contributed by atoms with van der Waals surface area (Å²) < 4.78 is 0. The minimum Gasteiger partial charge on any atom is -0.356 e. The fraction of sp³-hybridized carbons (Fsp3) is 0.857. The highest BCUT2D eigenvalue weighted by Crippen LogP contribution is 2.23. The predicted octanol–water partition coefficient (Wildman–Crippen LogP) is 3.66. The van der Waals surface area contributed by atoms with Gasteiger partial charge in [-0.05, 0) is 112 Å². The van der Waals surface area contributed by atoms with Crippen molar-refractivity contribution in [2.75, 3.05) is 126 Å². The number of rotatable bonds is 51. The van der Waals surface area contributed by atoms with Crippen molar-refractivity contribution in [3.63, 3.8) is 0 Å². The fourth-order valence-corrected chi connectivity index (χ4v) is 8.63. The van der Waals surface area contributed by atoms with Crippen LogP contribution in [0.1, 0.15) is 163 Å². The second-order valence-corrected chi connectivity index (χ2v) is 21.2. The van der Waals surface area contributed by atoms with E-state index in [1.54, 1.807) is 6.92 Å². The van der Waals surface area contributed by atoms with Crippen molar-refractivity contribution in [2.24, 2.45) is 35.1 Å². The Morgan fingerprint density at radius 3 is 1.16 bits per heavy atom. The molecule has 0 saturated carbocycles. The molecule has 436 valence electrons. The first-order chi connectivity index (χ1) is 35.9. The third-order valence-electron chi connectivity index (χ3n) is 13.7. The zero-order valence-corrected chi connectivity index (χ0v) is 48.5. The number of nitrogens with one attached hydrogen (secondary N) is 5. The largest absolute Gasteiger partial charge is 0.356 e. The van der Waals surface area contributed by atoms with Crippen molar-refractivity contribution in [1.82, 2.24) is 46.2 Å². The molecule has 0 aliphatic rings. The van der Waals surface area contributed by atoms with E-state index in [-0.39, 0.29) is 62.7 Å². The maximum atomic E-state index is 14.4. The smallest absolute Gasteiger partial charge is 0.224 e. The van der Waals surface area contributed by atoms with E-state index in [9.17, 15) is 38.4 Å². The van der Waals surface area contributed by atoms with Gasteiger partial charge in [0, 0.05) is 116 Å². The van der Waals surface area contributed by atoms with Gasteiger partial charge in [-0.1, -0.05) is 72.6 Å². The fourth-order valence-electron chi connectivity index (χ4n) is 8.63. The highest BCUT2D eigenvalue weighted by Gasteiger charge is 2.33. The molecule has 0 aromatic heterocycles. The van der Waals surface area contributed by atoms with Crippen molar-refractivity contribution in [1.29, 1.82) is 0 Å². The van der Waals surface area contributed by atoms with Crippen molar-refractivity contribution in [2.45, 2.75) is 163 Å². The lowest BCUT2D eigenvalue weighted by molar-refractivity contribution is -0.137. The predicted molar refractivity (Wildman–Crippen MR) is 302 cm³/mol. The van der Waals surface area contributed by atoms with E-state index >= 15 is 0 Å². The number of ketones is 3. The van der Waals surface area contributed by atoms with Crippen LogP contribution in [0.2, 0.25) is 0 Å². The Labute approximate surface area is 454 Å². The third-order valence-corrected chi connectivity index (χ3v) is 13.7. The molecule has 0 aliphatic heterocycles. The van der Waals surface area contributed by atoms with Gasteiger partial charge in [0.2, 0.25) is 29.5 Å². The molecule has 0 fully saturated rings. The summed E-state index contributed by atoms with van der Waals surface area (Å²) in [6, 6.07) is 0. The van der Waals surface area contributed by atoms with Gasteiger partial charge in [-0.15, -0.1) is 0 Å². The SMILES string of the molecule is CCCCCCNC(=O)CC(CC(=O)CC(C)C(=O)NCCCCCC)C(=O)CC(CC(=O)CC(CC(=O)NCCCN(C)CCN(C)CCCN)C(=O)NCCCC)C(=O)NCCCN(C)CCN(C)CCCN. The number of Topliss-reactive ketones (excluding diaryl/α,β-unsaturated/α-hetero) is 3. The molecule has 0 spiro atoms. The lowest BCUT2D eigenvalue weighted by Gasteiger charge is -2.23. The van der Waals surface area contributed by atoms with Crippen LogP contribution in [-0.4, -0.2) is 193 Å². The Balaban J connectivity index is 6.37. The molecule has 19 nitrogen and oxygen atoms in total. The third kappa shape index (κ3) is 39.2. The highest BCUT2D eigenvalue weighted by molar-refractivity contribution is 5.97. The highest BCUT2D eigenvalue weighted by atomic mass is 16.2. The number of nitrogens with zero attached hydrogens (tertiary/aromatic N) is 4. The van der Waals surface area contributed by atoms with Crippen LogP contribution < -0.4 is 38.1 Å². The van der Waals surface area contributed by atoms with Crippen molar-refractivity contribution in [3.8, 4) is 0 Å². The van der Waals surface area contributed by atoms with Crippen molar-refractivity contribution >= 4 is 46.9 Å². The standard InChI is InChI=1S/C56H109N11O8/c1-9-12-15-17-26-59-52(71)43-46(39-49(68)38-45(4)54(73)61-27-18-16-13-10-2)51(70)42-47(55(74)63-29-22-33-67(8)37-35-65(6)31-20-24-58)40-50(69)41-48(56(75)62-25-14-11-3)44-53(72)60-28-21-32-66(7)36-34-64(5)30-19-23-57/h45-48H,9-44,57-58H2,1-8H3,(H,59,71)(H,60,72)(H,61,73)(H,62,75)(H,63,74). The van der Waals surface area contributed by atoms with Crippen LogP contribution in [0.25, 0.3) is 0 Å². The first-order valence-electron chi connectivity index (χ1n) is 29.0. The van der Waals surface area contributed by atoms with Gasteiger partial charge in [0.1, 0.15) is 17.3 Å². The van der Waals surface area contributed by atoms with Crippen molar-refractivity contribution in [3.05, 3.63) is 0 Å². The summed E-state index contributed by atoms with van der Waals surface area (Å²) in [5.74, 6) is -7.22. The first kappa shape index (κ1) is 71.1. The van der Waals surface area contributed by atoms with Gasteiger partial charge in [-0.2, -0.15) is 0 Å². The molecular formula is C56H109N11O8. The second kappa shape index (κ2) is 46.2. The van der Waals surface area contributed by atoms with E-state index in [0.29, 0.717) is 65.1 Å². The lowest BCUT2D eigenvalue weighted by atomic mass is 9.83. The van der Waals surface area contributed by atoms with Gasteiger partial charge < -0.3 is 57.7 Å². The number of carbonyl (C=O) groups is 8. The molecule has 4 unspecified atom stereocenters. The number of hydrogen-bond acceptors (Lipinski definition) is 14. The molecule has 0 aliphatic carbocycles. The van der Waals surface area contributed by atoms with Crippen LogP contribution in [0.3, 0.4) is 0 Å². The van der Waals surface area contributed by atoms with E-state index in [4.69, 9.17) is 11.5 Å². The molecule has 0 radical (unpaired) electrons. The van der Waals surface area contributed by atoms with E-state index in [1.165, 1.54) is 0 Å². The molecule has 4 atom stereocenters. The van der Waals surface area contributed by atoms with E-state index in [0.717, 1.165) is 116 Å². The van der Waals surface area contributed by atoms with E-state index in [2.05, 4.69) is 74.1 Å².